The van der Waals surface area contributed by atoms with E-state index in [9.17, 15) is 0 Å². The lowest BCUT2D eigenvalue weighted by atomic mass is 10.3. The molecule has 0 saturated heterocycles. The van der Waals surface area contributed by atoms with Crippen LogP contribution in [-0.2, 0) is 4.74 Å². The van der Waals surface area contributed by atoms with E-state index in [1.165, 1.54) is 0 Å². The van der Waals surface area contributed by atoms with E-state index in [0.29, 0.717) is 17.4 Å². The van der Waals surface area contributed by atoms with Crippen LogP contribution in [0.4, 0.5) is 0 Å². The van der Waals surface area contributed by atoms with Gasteiger partial charge in [-0.2, -0.15) is 0 Å². The van der Waals surface area contributed by atoms with Crippen molar-refractivity contribution >= 4 is 34.2 Å². The molecule has 0 spiro atoms. The Hall–Kier alpha value is -0.440. The lowest BCUT2D eigenvalue weighted by Crippen LogP contribution is -2.02. The highest BCUT2D eigenvalue weighted by molar-refractivity contribution is 14.1. The first-order valence-electron chi connectivity index (χ1n) is 3.88. The summed E-state index contributed by atoms with van der Waals surface area (Å²) < 4.78 is 13.0. The predicted molar refractivity (Wildman–Crippen MR) is 64.7 cm³/mol. The first-order chi connectivity index (χ1) is 6.84. The Labute approximate surface area is 102 Å². The molecule has 0 radical (unpaired) electrons. The number of benzene rings is 1. The van der Waals surface area contributed by atoms with Crippen LogP contribution in [0.25, 0.3) is 0 Å². The van der Waals surface area contributed by atoms with Crippen LogP contribution in [0, 0.1) is 9.85 Å². The molecule has 2 nitrogen and oxygen atoms in total. The van der Waals surface area contributed by atoms with Gasteiger partial charge in [-0.05, 0) is 16.1 Å². The zero-order valence-corrected chi connectivity index (χ0v) is 10.2. The predicted octanol–water partition coefficient (Wildman–Crippen LogP) is 3.09. The van der Waals surface area contributed by atoms with Gasteiger partial charge < -0.3 is 9.47 Å². The Kier molecular flexibility index (Phi) is 5.76. The number of ether oxygens (including phenoxy) is 2. The van der Waals surface area contributed by atoms with Crippen LogP contribution in [0.1, 0.15) is 0 Å². The van der Waals surface area contributed by atoms with E-state index in [0.717, 1.165) is 0 Å². The zero-order valence-electron chi connectivity index (χ0n) is 7.30. The molecule has 0 aliphatic heterocycles. The van der Waals surface area contributed by atoms with Crippen LogP contribution in [0.2, 0.25) is 5.02 Å². The maximum absolute atomic E-state index is 5.85. The largest absolute Gasteiger partial charge is 0.466 e. The summed E-state index contributed by atoms with van der Waals surface area (Å²) in [6, 6.07) is 7.25. The van der Waals surface area contributed by atoms with Crippen LogP contribution in [0.15, 0.2) is 24.3 Å². The van der Waals surface area contributed by atoms with Gasteiger partial charge in [-0.15, -0.1) is 0 Å². The molecule has 14 heavy (non-hydrogen) atoms. The van der Waals surface area contributed by atoms with Gasteiger partial charge in [0.2, 0.25) is 0 Å². The lowest BCUT2D eigenvalue weighted by molar-refractivity contribution is 0.0334. The van der Waals surface area contributed by atoms with E-state index in [1.807, 2.05) is 34.7 Å². The van der Waals surface area contributed by atoms with Gasteiger partial charge in [0.25, 0.3) is 0 Å². The van der Waals surface area contributed by atoms with E-state index >= 15 is 0 Å². The summed E-state index contributed by atoms with van der Waals surface area (Å²) in [6.07, 6.45) is 0. The minimum Gasteiger partial charge on any atom is -0.466 e. The Bertz CT molecular complexity index is 343. The molecule has 0 aromatic heterocycles. The lowest BCUT2D eigenvalue weighted by Gasteiger charge is -2.06. The molecule has 4 heteroatoms. The molecule has 0 saturated carbocycles. The van der Waals surface area contributed by atoms with Gasteiger partial charge in [0.1, 0.15) is 12.4 Å². The Balaban J connectivity index is 2.30. The number of para-hydroxylation sites is 1. The number of rotatable bonds is 4. The molecular weight excluding hydrogens is 314 g/mol. The molecule has 0 unspecified atom stereocenters. The molecule has 1 rings (SSSR count). The van der Waals surface area contributed by atoms with Gasteiger partial charge >= 0.3 is 0 Å². The van der Waals surface area contributed by atoms with Crippen LogP contribution < -0.4 is 4.74 Å². The summed E-state index contributed by atoms with van der Waals surface area (Å²) in [7, 11) is 0. The molecule has 74 valence electrons. The van der Waals surface area contributed by atoms with Crippen molar-refractivity contribution in [2.24, 2.45) is 0 Å². The molecule has 0 heterocycles. The number of hydrogen-bond donors (Lipinski definition) is 0. The topological polar surface area (TPSA) is 18.5 Å². The van der Waals surface area contributed by atoms with Crippen molar-refractivity contribution in [3.8, 4) is 15.6 Å². The van der Waals surface area contributed by atoms with Crippen molar-refractivity contribution in [3.05, 3.63) is 29.3 Å². The van der Waals surface area contributed by atoms with Crippen molar-refractivity contribution in [2.75, 3.05) is 13.4 Å². The molecule has 0 fully saturated rings. The highest BCUT2D eigenvalue weighted by Crippen LogP contribution is 2.22. The smallest absolute Gasteiger partial charge is 0.190 e. The molecule has 0 N–H and O–H groups in total. The zero-order chi connectivity index (χ0) is 10.2. The third kappa shape index (κ3) is 4.18. The monoisotopic (exact) mass is 322 g/mol. The summed E-state index contributed by atoms with van der Waals surface area (Å²) in [5, 5.41) is 0.580. The average Bonchev–Trinajstić information content (AvgIpc) is 2.20. The Morgan fingerprint density at radius 3 is 2.86 bits per heavy atom. The van der Waals surface area contributed by atoms with Crippen molar-refractivity contribution in [3.63, 3.8) is 0 Å². The van der Waals surface area contributed by atoms with E-state index in [-0.39, 0.29) is 6.79 Å². The van der Waals surface area contributed by atoms with Gasteiger partial charge in [-0.1, -0.05) is 29.7 Å². The molecular formula is C10H8ClIO2. The van der Waals surface area contributed by atoms with E-state index in [4.69, 9.17) is 21.1 Å². The van der Waals surface area contributed by atoms with E-state index in [2.05, 4.69) is 9.85 Å². The third-order valence-electron chi connectivity index (χ3n) is 1.38. The van der Waals surface area contributed by atoms with Crippen LogP contribution >= 0.6 is 34.2 Å². The van der Waals surface area contributed by atoms with Gasteiger partial charge in [0.15, 0.2) is 6.79 Å². The first kappa shape index (κ1) is 11.6. The fourth-order valence-electron chi connectivity index (χ4n) is 0.787. The van der Waals surface area contributed by atoms with Crippen molar-refractivity contribution in [1.29, 1.82) is 0 Å². The average molecular weight is 323 g/mol. The maximum atomic E-state index is 5.85. The second-order valence-electron chi connectivity index (χ2n) is 2.31. The maximum Gasteiger partial charge on any atom is 0.190 e. The molecule has 0 bridgehead atoms. The normalized spacial score (nSPS) is 9.00. The fourth-order valence-corrected chi connectivity index (χ4v) is 1.13. The van der Waals surface area contributed by atoms with Crippen molar-refractivity contribution < 1.29 is 9.47 Å². The van der Waals surface area contributed by atoms with Gasteiger partial charge in [0, 0.05) is 22.6 Å². The van der Waals surface area contributed by atoms with E-state index in [1.54, 1.807) is 12.1 Å². The highest BCUT2D eigenvalue weighted by Gasteiger charge is 1.97. The molecule has 0 atom stereocenters. The second kappa shape index (κ2) is 6.93. The van der Waals surface area contributed by atoms with Crippen molar-refractivity contribution in [2.45, 2.75) is 0 Å². The summed E-state index contributed by atoms with van der Waals surface area (Å²) in [6.45, 7) is 0.530. The molecule has 1 aromatic carbocycles. The minimum absolute atomic E-state index is 0.162. The fraction of sp³-hybridized carbons (Fsp3) is 0.200. The summed E-state index contributed by atoms with van der Waals surface area (Å²) in [5.41, 5.74) is 0. The van der Waals surface area contributed by atoms with Gasteiger partial charge in [0.05, 0.1) is 5.02 Å². The molecule has 0 aliphatic carbocycles. The minimum atomic E-state index is 0.162. The third-order valence-corrected chi connectivity index (χ3v) is 2.07. The van der Waals surface area contributed by atoms with Crippen LogP contribution in [-0.4, -0.2) is 13.4 Å². The number of hydrogen-bond acceptors (Lipinski definition) is 2. The second-order valence-corrected chi connectivity index (χ2v) is 3.26. The first-order valence-corrected chi connectivity index (χ1v) is 5.34. The van der Waals surface area contributed by atoms with Crippen LogP contribution in [0.3, 0.4) is 0 Å². The van der Waals surface area contributed by atoms with Gasteiger partial charge in [-0.3, -0.25) is 0 Å². The van der Waals surface area contributed by atoms with Crippen molar-refractivity contribution in [1.82, 2.24) is 0 Å². The summed E-state index contributed by atoms with van der Waals surface area (Å²) in [5.74, 6) is 3.37. The highest BCUT2D eigenvalue weighted by atomic mass is 127. The van der Waals surface area contributed by atoms with E-state index < -0.39 is 0 Å². The molecule has 0 aliphatic rings. The summed E-state index contributed by atoms with van der Waals surface area (Å²) >= 11 is 7.81. The SMILES string of the molecule is Clc1ccccc1OCOCC#CI. The number of halogens is 2. The summed E-state index contributed by atoms with van der Waals surface area (Å²) in [4.78, 5) is 0. The standard InChI is InChI=1S/C10H8ClIO2/c11-9-4-1-2-5-10(9)14-8-13-7-3-6-12/h1-2,4-5H,7-8H2. The molecule has 1 aromatic rings. The van der Waals surface area contributed by atoms with Crippen LogP contribution in [0.5, 0.6) is 5.75 Å². The Morgan fingerprint density at radius 2 is 2.14 bits per heavy atom. The van der Waals surface area contributed by atoms with Gasteiger partial charge in [-0.25, -0.2) is 0 Å². The Morgan fingerprint density at radius 1 is 1.36 bits per heavy atom. The quantitative estimate of drug-likeness (QED) is 0.367. The molecule has 0 amide bonds.